The molecule has 3 rings (SSSR count). The highest BCUT2D eigenvalue weighted by molar-refractivity contribution is 5.47. The molecule has 128 valence electrons. The van der Waals surface area contributed by atoms with E-state index in [1.165, 1.54) is 35.2 Å². The van der Waals surface area contributed by atoms with Gasteiger partial charge in [-0.2, -0.15) is 0 Å². The number of aliphatic hydroxyl groups is 1. The number of piperidine rings is 1. The fourth-order valence-corrected chi connectivity index (χ4v) is 2.67. The smallest absolute Gasteiger partial charge is 0.280 e. The Morgan fingerprint density at radius 2 is 2.00 bits per heavy atom. The Hall–Kier alpha value is -2.45. The first kappa shape index (κ1) is 16.4. The average molecular weight is 334 g/mol. The van der Waals surface area contributed by atoms with Crippen molar-refractivity contribution < 1.29 is 14.2 Å². The molecule has 0 saturated carbocycles. The molecule has 0 amide bonds. The zero-order valence-corrected chi connectivity index (χ0v) is 13.0. The number of aromatic nitrogens is 2. The van der Waals surface area contributed by atoms with Crippen LogP contribution in [0.3, 0.4) is 0 Å². The summed E-state index contributed by atoms with van der Waals surface area (Å²) in [6.45, 7) is 1.52. The Bertz CT molecular complexity index is 770. The number of nitrogens with one attached hydrogen (secondary N) is 1. The van der Waals surface area contributed by atoms with Crippen LogP contribution in [0.15, 0.2) is 35.4 Å². The maximum atomic E-state index is 12.9. The molecule has 1 aromatic heterocycles. The molecule has 0 aliphatic carbocycles. The molecule has 4 N–H and O–H groups in total. The Balaban J connectivity index is 1.80. The number of nitrogens with two attached hydrogens (primary N) is 1. The summed E-state index contributed by atoms with van der Waals surface area (Å²) in [5.41, 5.74) is 4.23. The fourth-order valence-electron chi connectivity index (χ4n) is 2.67. The summed E-state index contributed by atoms with van der Waals surface area (Å²) in [6, 6.07) is 5.30. The van der Waals surface area contributed by atoms with Crippen molar-refractivity contribution in [3.05, 3.63) is 46.8 Å². The average Bonchev–Trinajstić information content (AvgIpc) is 2.57. The van der Waals surface area contributed by atoms with Crippen LogP contribution >= 0.6 is 0 Å². The van der Waals surface area contributed by atoms with Crippen molar-refractivity contribution in [3.63, 3.8) is 0 Å². The lowest BCUT2D eigenvalue weighted by Crippen LogP contribution is -2.46. The van der Waals surface area contributed by atoms with E-state index in [1.54, 1.807) is 0 Å². The number of halogens is 1. The van der Waals surface area contributed by atoms with Gasteiger partial charge in [-0.1, -0.05) is 0 Å². The lowest BCUT2D eigenvalue weighted by atomic mass is 9.92. The highest BCUT2D eigenvalue weighted by Crippen LogP contribution is 2.24. The monoisotopic (exact) mass is 334 g/mol. The van der Waals surface area contributed by atoms with Gasteiger partial charge in [0, 0.05) is 0 Å². The largest absolute Gasteiger partial charge is 0.437 e. The lowest BCUT2D eigenvalue weighted by molar-refractivity contribution is -0.00640. The Kier molecular flexibility index (Phi) is 4.50. The van der Waals surface area contributed by atoms with Gasteiger partial charge in [-0.25, -0.2) is 9.37 Å². The molecule has 2 aromatic rings. The molecule has 0 spiro atoms. The molecule has 1 fully saturated rings. The third kappa shape index (κ3) is 3.55. The molecular formula is C16H19FN4O3. The molecule has 0 atom stereocenters. The Morgan fingerprint density at radius 1 is 1.33 bits per heavy atom. The van der Waals surface area contributed by atoms with Crippen LogP contribution in [0.4, 0.5) is 10.1 Å². The van der Waals surface area contributed by atoms with Crippen LogP contribution in [-0.4, -0.2) is 33.3 Å². The number of nitrogens with zero attached hydrogens (tertiary/aromatic N) is 2. The van der Waals surface area contributed by atoms with Crippen LogP contribution in [0.2, 0.25) is 0 Å². The number of nitrogen functional groups attached to an aromatic ring is 1. The first-order valence-corrected chi connectivity index (χ1v) is 7.68. The second-order valence-electron chi connectivity index (χ2n) is 5.93. The van der Waals surface area contributed by atoms with E-state index < -0.39 is 17.0 Å². The van der Waals surface area contributed by atoms with Gasteiger partial charge in [0.15, 0.2) is 5.69 Å². The number of rotatable bonds is 4. The minimum absolute atomic E-state index is 0.0415. The number of anilines is 1. The molecule has 7 nitrogen and oxygen atoms in total. The van der Waals surface area contributed by atoms with Crippen LogP contribution in [-0.2, 0) is 6.54 Å². The van der Waals surface area contributed by atoms with E-state index in [0.29, 0.717) is 31.7 Å². The second kappa shape index (κ2) is 6.58. The standard InChI is InChI=1S/C16H19FN4O3/c17-11-1-3-12(4-2-11)24-14-13(18)15(22)21(10-20-14)9-16(23)5-7-19-8-6-16/h1-4,10,19,23H,5-9,18H2. The molecule has 8 heteroatoms. The van der Waals surface area contributed by atoms with Crippen molar-refractivity contribution in [1.82, 2.24) is 14.9 Å². The normalized spacial score (nSPS) is 16.8. The number of ether oxygens (including phenoxy) is 1. The maximum Gasteiger partial charge on any atom is 0.280 e. The molecule has 2 heterocycles. The maximum absolute atomic E-state index is 12.9. The minimum Gasteiger partial charge on any atom is -0.437 e. The number of hydrogen-bond acceptors (Lipinski definition) is 6. The third-order valence-electron chi connectivity index (χ3n) is 4.06. The van der Waals surface area contributed by atoms with Crippen molar-refractivity contribution in [3.8, 4) is 11.6 Å². The van der Waals surface area contributed by atoms with Crippen molar-refractivity contribution in [2.45, 2.75) is 25.0 Å². The molecule has 0 bridgehead atoms. The van der Waals surface area contributed by atoms with Gasteiger partial charge < -0.3 is 20.9 Å². The van der Waals surface area contributed by atoms with E-state index in [-0.39, 0.29) is 18.1 Å². The summed E-state index contributed by atoms with van der Waals surface area (Å²) < 4.78 is 19.6. The van der Waals surface area contributed by atoms with Gasteiger partial charge in [0.2, 0.25) is 5.88 Å². The molecule has 1 aliphatic rings. The molecule has 1 saturated heterocycles. The van der Waals surface area contributed by atoms with Crippen LogP contribution in [0.1, 0.15) is 12.8 Å². The summed E-state index contributed by atoms with van der Waals surface area (Å²) in [4.78, 5) is 16.4. The van der Waals surface area contributed by atoms with Gasteiger partial charge in [-0.05, 0) is 50.2 Å². The SMILES string of the molecule is Nc1c(Oc2ccc(F)cc2)ncn(CC2(O)CCNCC2)c1=O. The first-order chi connectivity index (χ1) is 11.5. The molecule has 1 aliphatic heterocycles. The number of hydrogen-bond donors (Lipinski definition) is 3. The summed E-state index contributed by atoms with van der Waals surface area (Å²) in [7, 11) is 0. The van der Waals surface area contributed by atoms with Gasteiger partial charge in [-0.3, -0.25) is 9.36 Å². The minimum atomic E-state index is -0.956. The van der Waals surface area contributed by atoms with E-state index in [9.17, 15) is 14.3 Å². The molecule has 24 heavy (non-hydrogen) atoms. The van der Waals surface area contributed by atoms with Crippen molar-refractivity contribution in [2.75, 3.05) is 18.8 Å². The first-order valence-electron chi connectivity index (χ1n) is 7.68. The van der Waals surface area contributed by atoms with Gasteiger partial charge in [-0.15, -0.1) is 0 Å². The van der Waals surface area contributed by atoms with E-state index in [4.69, 9.17) is 10.5 Å². The zero-order valence-electron chi connectivity index (χ0n) is 13.0. The highest BCUT2D eigenvalue weighted by atomic mass is 19.1. The van der Waals surface area contributed by atoms with Gasteiger partial charge in [0.25, 0.3) is 5.56 Å². The van der Waals surface area contributed by atoms with E-state index in [2.05, 4.69) is 10.3 Å². The van der Waals surface area contributed by atoms with Gasteiger partial charge >= 0.3 is 0 Å². The highest BCUT2D eigenvalue weighted by Gasteiger charge is 2.30. The van der Waals surface area contributed by atoms with Crippen LogP contribution in [0.25, 0.3) is 0 Å². The molecular weight excluding hydrogens is 315 g/mol. The van der Waals surface area contributed by atoms with Crippen LogP contribution < -0.4 is 21.3 Å². The van der Waals surface area contributed by atoms with E-state index in [1.807, 2.05) is 0 Å². The molecule has 1 aromatic carbocycles. The summed E-state index contributed by atoms with van der Waals surface area (Å²) in [5, 5.41) is 13.7. The summed E-state index contributed by atoms with van der Waals surface area (Å²) in [5.74, 6) is -0.112. The van der Waals surface area contributed by atoms with Crippen LogP contribution in [0, 0.1) is 5.82 Å². The molecule has 0 unspecified atom stereocenters. The topological polar surface area (TPSA) is 102 Å². The van der Waals surface area contributed by atoms with Crippen molar-refractivity contribution in [1.29, 1.82) is 0 Å². The predicted molar refractivity (Wildman–Crippen MR) is 86.4 cm³/mol. The third-order valence-corrected chi connectivity index (χ3v) is 4.06. The second-order valence-corrected chi connectivity index (χ2v) is 5.93. The van der Waals surface area contributed by atoms with Gasteiger partial charge in [0.05, 0.1) is 12.1 Å². The lowest BCUT2D eigenvalue weighted by Gasteiger charge is -2.32. The van der Waals surface area contributed by atoms with Crippen molar-refractivity contribution >= 4 is 5.69 Å². The summed E-state index contributed by atoms with van der Waals surface area (Å²) >= 11 is 0. The number of benzene rings is 1. The summed E-state index contributed by atoms with van der Waals surface area (Å²) in [6.07, 6.45) is 2.40. The zero-order chi connectivity index (χ0) is 17.2. The van der Waals surface area contributed by atoms with Gasteiger partial charge in [0.1, 0.15) is 17.9 Å². The van der Waals surface area contributed by atoms with Crippen LogP contribution in [0.5, 0.6) is 11.6 Å². The fraction of sp³-hybridized carbons (Fsp3) is 0.375. The Morgan fingerprint density at radius 3 is 2.67 bits per heavy atom. The quantitative estimate of drug-likeness (QED) is 0.767. The van der Waals surface area contributed by atoms with E-state index >= 15 is 0 Å². The Labute approximate surface area is 137 Å². The van der Waals surface area contributed by atoms with E-state index in [0.717, 1.165) is 0 Å². The van der Waals surface area contributed by atoms with Crippen molar-refractivity contribution in [2.24, 2.45) is 0 Å². The predicted octanol–water partition coefficient (Wildman–Crippen LogP) is 0.871. The molecule has 0 radical (unpaired) electrons.